The van der Waals surface area contributed by atoms with E-state index < -0.39 is 18.0 Å². The van der Waals surface area contributed by atoms with E-state index in [4.69, 9.17) is 14.7 Å². The third kappa shape index (κ3) is 5.08. The first-order valence-electron chi connectivity index (χ1n) is 8.10. The van der Waals surface area contributed by atoms with Crippen molar-refractivity contribution < 1.29 is 19.1 Å². The molecule has 0 radical (unpaired) electrons. The van der Waals surface area contributed by atoms with E-state index in [2.05, 4.69) is 5.32 Å². The Morgan fingerprint density at radius 3 is 2.31 bits per heavy atom. The summed E-state index contributed by atoms with van der Waals surface area (Å²) in [6.07, 6.45) is -0.972. The lowest BCUT2D eigenvalue weighted by molar-refractivity contribution is -0.155. The fraction of sp³-hybridized carbons (Fsp3) is 0.250. The third-order valence-corrected chi connectivity index (χ3v) is 3.70. The number of nitriles is 1. The van der Waals surface area contributed by atoms with Crippen molar-refractivity contribution in [1.82, 2.24) is 0 Å². The molecular weight excluding hydrogens is 332 g/mol. The fourth-order valence-corrected chi connectivity index (χ4v) is 2.31. The van der Waals surface area contributed by atoms with Gasteiger partial charge in [-0.1, -0.05) is 18.2 Å². The number of hydrogen-bond acceptors (Lipinski definition) is 5. The zero-order valence-electron chi connectivity index (χ0n) is 14.9. The number of ether oxygens (including phenoxy) is 2. The van der Waals surface area contributed by atoms with Gasteiger partial charge < -0.3 is 14.8 Å². The molecule has 0 saturated heterocycles. The van der Waals surface area contributed by atoms with E-state index in [9.17, 15) is 9.59 Å². The summed E-state index contributed by atoms with van der Waals surface area (Å²) in [5.74, 6) is -0.454. The van der Waals surface area contributed by atoms with Gasteiger partial charge >= 0.3 is 5.97 Å². The number of para-hydroxylation sites is 1. The number of amides is 1. The second-order valence-corrected chi connectivity index (χ2v) is 5.82. The van der Waals surface area contributed by atoms with Crippen molar-refractivity contribution in [2.24, 2.45) is 0 Å². The van der Waals surface area contributed by atoms with Crippen LogP contribution in [0.5, 0.6) is 5.75 Å². The van der Waals surface area contributed by atoms with E-state index >= 15 is 0 Å². The normalized spacial score (nSPS) is 11.2. The average Bonchev–Trinajstić information content (AvgIpc) is 2.61. The molecule has 0 fully saturated rings. The van der Waals surface area contributed by atoms with Gasteiger partial charge in [-0.05, 0) is 56.2 Å². The summed E-state index contributed by atoms with van der Waals surface area (Å²) >= 11 is 0. The number of esters is 1. The molecule has 2 aromatic rings. The number of carbonyl (C=O) groups excluding carboxylic acids is 2. The van der Waals surface area contributed by atoms with E-state index in [0.29, 0.717) is 17.0 Å². The zero-order valence-corrected chi connectivity index (χ0v) is 14.9. The van der Waals surface area contributed by atoms with Crippen molar-refractivity contribution in [3.05, 3.63) is 59.2 Å². The molecule has 0 aliphatic heterocycles. The minimum Gasteiger partial charge on any atom is -0.481 e. The number of aryl methyl sites for hydroxylation is 2. The number of benzene rings is 2. The summed E-state index contributed by atoms with van der Waals surface area (Å²) in [6, 6.07) is 14.1. The van der Waals surface area contributed by atoms with Crippen LogP contribution in [0.25, 0.3) is 0 Å². The highest BCUT2D eigenvalue weighted by atomic mass is 16.6. The molecule has 2 rings (SSSR count). The Kier molecular flexibility index (Phi) is 6.34. The molecule has 0 bridgehead atoms. The lowest BCUT2D eigenvalue weighted by Crippen LogP contribution is -2.31. The van der Waals surface area contributed by atoms with Crippen molar-refractivity contribution in [2.75, 3.05) is 11.9 Å². The van der Waals surface area contributed by atoms with Crippen molar-refractivity contribution in [1.29, 1.82) is 5.26 Å². The van der Waals surface area contributed by atoms with Crippen LogP contribution in [0.15, 0.2) is 42.5 Å². The number of nitrogens with one attached hydrogen (secondary N) is 1. The summed E-state index contributed by atoms with van der Waals surface area (Å²) in [4.78, 5) is 24.0. The maximum Gasteiger partial charge on any atom is 0.344 e. The van der Waals surface area contributed by atoms with Crippen LogP contribution in [0.4, 0.5) is 5.69 Å². The number of nitrogens with zero attached hydrogens (tertiary/aromatic N) is 1. The van der Waals surface area contributed by atoms with Gasteiger partial charge in [-0.25, -0.2) is 4.79 Å². The molecule has 0 heterocycles. The molecule has 6 heteroatoms. The Balaban J connectivity index is 1.85. The SMILES string of the molecule is Cc1cccc(C)c1OCC(=O)O[C@H](C)C(=O)Nc1ccc(C#N)cc1. The Morgan fingerprint density at radius 1 is 1.12 bits per heavy atom. The van der Waals surface area contributed by atoms with Crippen molar-refractivity contribution in [3.8, 4) is 11.8 Å². The van der Waals surface area contributed by atoms with E-state index in [0.717, 1.165) is 11.1 Å². The largest absolute Gasteiger partial charge is 0.481 e. The molecule has 26 heavy (non-hydrogen) atoms. The lowest BCUT2D eigenvalue weighted by Gasteiger charge is -2.15. The predicted octanol–water partition coefficient (Wildman–Crippen LogP) is 3.12. The van der Waals surface area contributed by atoms with Gasteiger partial charge in [0.15, 0.2) is 12.7 Å². The Bertz CT molecular complexity index is 818. The number of hydrogen-bond donors (Lipinski definition) is 1. The Hall–Kier alpha value is -3.33. The van der Waals surface area contributed by atoms with Crippen LogP contribution in [0.3, 0.4) is 0 Å². The molecule has 0 saturated carbocycles. The van der Waals surface area contributed by atoms with Crippen LogP contribution in [-0.2, 0) is 14.3 Å². The van der Waals surface area contributed by atoms with Crippen LogP contribution in [-0.4, -0.2) is 24.6 Å². The maximum absolute atomic E-state index is 12.1. The molecule has 0 aromatic heterocycles. The van der Waals surface area contributed by atoms with Gasteiger partial charge in [-0.3, -0.25) is 4.79 Å². The smallest absolute Gasteiger partial charge is 0.344 e. The highest BCUT2D eigenvalue weighted by molar-refractivity contribution is 5.95. The monoisotopic (exact) mass is 352 g/mol. The number of rotatable bonds is 6. The highest BCUT2D eigenvalue weighted by Gasteiger charge is 2.18. The Labute approximate surface area is 152 Å². The van der Waals surface area contributed by atoms with Gasteiger partial charge in [0, 0.05) is 5.69 Å². The minimum atomic E-state index is -0.972. The molecule has 0 spiro atoms. The molecule has 0 aliphatic rings. The van der Waals surface area contributed by atoms with Crippen LogP contribution >= 0.6 is 0 Å². The first kappa shape index (κ1) is 19.0. The molecule has 0 aliphatic carbocycles. The van der Waals surface area contributed by atoms with Crippen molar-refractivity contribution >= 4 is 17.6 Å². The molecule has 1 N–H and O–H groups in total. The van der Waals surface area contributed by atoms with E-state index in [1.165, 1.54) is 6.92 Å². The van der Waals surface area contributed by atoms with Gasteiger partial charge in [0.1, 0.15) is 5.75 Å². The topological polar surface area (TPSA) is 88.4 Å². The van der Waals surface area contributed by atoms with Crippen molar-refractivity contribution in [3.63, 3.8) is 0 Å². The van der Waals surface area contributed by atoms with E-state index in [-0.39, 0.29) is 6.61 Å². The van der Waals surface area contributed by atoms with Crippen LogP contribution < -0.4 is 10.1 Å². The second kappa shape index (κ2) is 8.67. The predicted molar refractivity (Wildman–Crippen MR) is 96.8 cm³/mol. The average molecular weight is 352 g/mol. The highest BCUT2D eigenvalue weighted by Crippen LogP contribution is 2.22. The van der Waals surface area contributed by atoms with Gasteiger partial charge in [0.2, 0.25) is 0 Å². The van der Waals surface area contributed by atoms with Crippen molar-refractivity contribution in [2.45, 2.75) is 26.9 Å². The molecular formula is C20H20N2O4. The molecule has 1 amide bonds. The van der Waals surface area contributed by atoms with Gasteiger partial charge in [0.05, 0.1) is 11.6 Å². The molecule has 6 nitrogen and oxygen atoms in total. The Morgan fingerprint density at radius 2 is 1.73 bits per heavy atom. The number of carbonyl (C=O) groups is 2. The quantitative estimate of drug-likeness (QED) is 0.807. The second-order valence-electron chi connectivity index (χ2n) is 5.82. The van der Waals surface area contributed by atoms with Crippen LogP contribution in [0, 0.1) is 25.2 Å². The van der Waals surface area contributed by atoms with Crippen LogP contribution in [0.1, 0.15) is 23.6 Å². The summed E-state index contributed by atoms with van der Waals surface area (Å²) < 4.78 is 10.6. The van der Waals surface area contributed by atoms with E-state index in [1.54, 1.807) is 24.3 Å². The van der Waals surface area contributed by atoms with Gasteiger partial charge in [-0.2, -0.15) is 5.26 Å². The summed E-state index contributed by atoms with van der Waals surface area (Å²) in [5.41, 5.74) is 2.85. The third-order valence-electron chi connectivity index (χ3n) is 3.70. The lowest BCUT2D eigenvalue weighted by atomic mass is 10.1. The summed E-state index contributed by atoms with van der Waals surface area (Å²) in [5, 5.41) is 11.4. The standard InChI is InChI=1S/C20H20N2O4/c1-13-5-4-6-14(2)19(13)25-12-18(23)26-15(3)20(24)22-17-9-7-16(11-21)8-10-17/h4-10,15H,12H2,1-3H3,(H,22,24)/t15-/m1/s1. The molecule has 1 atom stereocenters. The first-order valence-corrected chi connectivity index (χ1v) is 8.10. The first-order chi connectivity index (χ1) is 12.4. The van der Waals surface area contributed by atoms with Gasteiger partial charge in [0.25, 0.3) is 5.91 Å². The molecule has 0 unspecified atom stereocenters. The number of anilines is 1. The minimum absolute atomic E-state index is 0.278. The maximum atomic E-state index is 12.1. The molecule has 2 aromatic carbocycles. The fourth-order valence-electron chi connectivity index (χ4n) is 2.31. The summed E-state index contributed by atoms with van der Waals surface area (Å²) in [6.45, 7) is 4.98. The summed E-state index contributed by atoms with van der Waals surface area (Å²) in [7, 11) is 0. The molecule has 134 valence electrons. The zero-order chi connectivity index (χ0) is 19.1. The van der Waals surface area contributed by atoms with Gasteiger partial charge in [-0.15, -0.1) is 0 Å². The van der Waals surface area contributed by atoms with E-state index in [1.807, 2.05) is 38.1 Å². The van der Waals surface area contributed by atoms with Crippen LogP contribution in [0.2, 0.25) is 0 Å².